The van der Waals surface area contributed by atoms with Crippen molar-refractivity contribution in [3.8, 4) is 0 Å². The van der Waals surface area contributed by atoms with Gasteiger partial charge in [0.15, 0.2) is 0 Å². The van der Waals surface area contributed by atoms with Gasteiger partial charge in [0.25, 0.3) is 0 Å². The van der Waals surface area contributed by atoms with Crippen molar-refractivity contribution in [3.63, 3.8) is 0 Å². The summed E-state index contributed by atoms with van der Waals surface area (Å²) in [6.07, 6.45) is -1.82. The molecular weight excluding hydrogens is 303 g/mol. The van der Waals surface area contributed by atoms with Crippen molar-refractivity contribution < 1.29 is 13.2 Å². The van der Waals surface area contributed by atoms with Crippen LogP contribution in [0.4, 0.5) is 24.8 Å². The molecule has 0 fully saturated rings. The second-order valence-corrected chi connectivity index (χ2v) is 5.40. The summed E-state index contributed by atoms with van der Waals surface area (Å²) >= 11 is 1.51. The van der Waals surface area contributed by atoms with E-state index in [1.165, 1.54) is 11.3 Å². The number of nitrogen functional groups attached to an aromatic ring is 1. The molecule has 2 rings (SSSR count). The lowest BCUT2D eigenvalue weighted by atomic mass is 10.2. The number of nitrogens with one attached hydrogen (secondary N) is 2. The summed E-state index contributed by atoms with van der Waals surface area (Å²) < 4.78 is 38.3. The van der Waals surface area contributed by atoms with E-state index in [9.17, 15) is 13.2 Å². The van der Waals surface area contributed by atoms with Gasteiger partial charge in [0, 0.05) is 11.1 Å². The van der Waals surface area contributed by atoms with Crippen molar-refractivity contribution in [1.29, 1.82) is 0 Å². The zero-order valence-electron chi connectivity index (χ0n) is 11.2. The van der Waals surface area contributed by atoms with Gasteiger partial charge in [-0.15, -0.1) is 11.3 Å². The standard InChI is InChI=1S/C12H14F3N5S/c1-2-8-5-18-11(21-8)6-17-9-3-7(12(13,14)15)4-10(19-9)20-16/h3-5H,2,6,16H2,1H3,(H2,17,19,20). The number of halogens is 3. The highest BCUT2D eigenvalue weighted by Gasteiger charge is 2.31. The molecule has 4 N–H and O–H groups in total. The fourth-order valence-electron chi connectivity index (χ4n) is 1.62. The summed E-state index contributed by atoms with van der Waals surface area (Å²) in [6.45, 7) is 2.32. The normalized spacial score (nSPS) is 11.5. The Morgan fingerprint density at radius 3 is 2.57 bits per heavy atom. The molecule has 0 spiro atoms. The van der Waals surface area contributed by atoms with Crippen molar-refractivity contribution >= 4 is 23.0 Å². The molecule has 2 aromatic rings. The lowest BCUT2D eigenvalue weighted by molar-refractivity contribution is -0.137. The van der Waals surface area contributed by atoms with E-state index in [-0.39, 0.29) is 11.6 Å². The summed E-state index contributed by atoms with van der Waals surface area (Å²) in [5.74, 6) is 5.18. The van der Waals surface area contributed by atoms with Gasteiger partial charge in [-0.05, 0) is 18.6 Å². The van der Waals surface area contributed by atoms with Gasteiger partial charge in [0.05, 0.1) is 12.1 Å². The summed E-state index contributed by atoms with van der Waals surface area (Å²) in [5, 5.41) is 3.61. The number of rotatable bonds is 5. The van der Waals surface area contributed by atoms with Crippen LogP contribution in [0.3, 0.4) is 0 Å². The van der Waals surface area contributed by atoms with Crippen molar-refractivity contribution in [2.45, 2.75) is 26.1 Å². The minimum absolute atomic E-state index is 0.0549. The molecule has 0 aliphatic carbocycles. The van der Waals surface area contributed by atoms with E-state index in [2.05, 4.69) is 20.7 Å². The van der Waals surface area contributed by atoms with Gasteiger partial charge in [0.2, 0.25) is 0 Å². The molecule has 21 heavy (non-hydrogen) atoms. The summed E-state index contributed by atoms with van der Waals surface area (Å²) in [6, 6.07) is 1.79. The molecular formula is C12H14F3N5S. The van der Waals surface area contributed by atoms with E-state index in [0.29, 0.717) is 6.54 Å². The van der Waals surface area contributed by atoms with Crippen LogP contribution in [0, 0.1) is 0 Å². The number of aromatic nitrogens is 2. The van der Waals surface area contributed by atoms with Gasteiger partial charge in [0.1, 0.15) is 16.6 Å². The zero-order valence-corrected chi connectivity index (χ0v) is 12.0. The highest BCUT2D eigenvalue weighted by atomic mass is 32.1. The Hall–Kier alpha value is -1.87. The van der Waals surface area contributed by atoms with E-state index in [4.69, 9.17) is 5.84 Å². The lowest BCUT2D eigenvalue weighted by Crippen LogP contribution is -2.13. The first-order chi connectivity index (χ1) is 9.92. The van der Waals surface area contributed by atoms with Crippen LogP contribution in [0.2, 0.25) is 0 Å². The van der Waals surface area contributed by atoms with Crippen LogP contribution in [0.15, 0.2) is 18.3 Å². The van der Waals surface area contributed by atoms with Gasteiger partial charge in [-0.1, -0.05) is 6.92 Å². The lowest BCUT2D eigenvalue weighted by Gasteiger charge is -2.11. The van der Waals surface area contributed by atoms with Gasteiger partial charge >= 0.3 is 6.18 Å². The molecule has 0 atom stereocenters. The predicted octanol–water partition coefficient (Wildman–Crippen LogP) is 3.02. The first-order valence-corrected chi connectivity index (χ1v) is 6.97. The first-order valence-electron chi connectivity index (χ1n) is 6.15. The third kappa shape index (κ3) is 4.05. The summed E-state index contributed by atoms with van der Waals surface area (Å²) in [5.41, 5.74) is 1.31. The van der Waals surface area contributed by atoms with Crippen LogP contribution in [0.25, 0.3) is 0 Å². The van der Waals surface area contributed by atoms with Crippen molar-refractivity contribution in [2.24, 2.45) is 5.84 Å². The molecule has 0 aliphatic rings. The maximum absolute atomic E-state index is 12.8. The topological polar surface area (TPSA) is 75.9 Å². The number of pyridine rings is 1. The predicted molar refractivity (Wildman–Crippen MR) is 75.9 cm³/mol. The molecule has 114 valence electrons. The number of thiazole rings is 1. The molecule has 0 bridgehead atoms. The smallest absolute Gasteiger partial charge is 0.363 e. The average molecular weight is 317 g/mol. The monoisotopic (exact) mass is 317 g/mol. The molecule has 5 nitrogen and oxygen atoms in total. The minimum atomic E-state index is -4.46. The van der Waals surface area contributed by atoms with Crippen LogP contribution >= 0.6 is 11.3 Å². The van der Waals surface area contributed by atoms with E-state index in [0.717, 1.165) is 28.4 Å². The largest absolute Gasteiger partial charge is 0.416 e. The molecule has 0 unspecified atom stereocenters. The fourth-order valence-corrected chi connectivity index (χ4v) is 2.42. The molecule has 9 heteroatoms. The summed E-state index contributed by atoms with van der Waals surface area (Å²) in [4.78, 5) is 9.24. The van der Waals surface area contributed by atoms with Gasteiger partial charge in [-0.2, -0.15) is 13.2 Å². The van der Waals surface area contributed by atoms with Gasteiger partial charge < -0.3 is 10.7 Å². The highest BCUT2D eigenvalue weighted by Crippen LogP contribution is 2.32. The Bertz CT molecular complexity index is 611. The molecule has 0 saturated heterocycles. The Kier molecular flexibility index (Phi) is 4.63. The average Bonchev–Trinajstić information content (AvgIpc) is 2.92. The number of nitrogens with zero attached hydrogens (tertiary/aromatic N) is 2. The molecule has 2 heterocycles. The molecule has 0 aromatic carbocycles. The molecule has 0 radical (unpaired) electrons. The quantitative estimate of drug-likeness (QED) is 0.584. The molecule has 0 amide bonds. The van der Waals surface area contributed by atoms with E-state index < -0.39 is 11.7 Å². The summed E-state index contributed by atoms with van der Waals surface area (Å²) in [7, 11) is 0. The van der Waals surface area contributed by atoms with Crippen molar-refractivity contribution in [3.05, 3.63) is 33.8 Å². The Morgan fingerprint density at radius 1 is 1.29 bits per heavy atom. The Labute approximate surface area is 123 Å². The number of hydrogen-bond acceptors (Lipinski definition) is 6. The van der Waals surface area contributed by atoms with Crippen molar-refractivity contribution in [1.82, 2.24) is 9.97 Å². The number of hydrazine groups is 1. The molecule has 2 aromatic heterocycles. The van der Waals surface area contributed by atoms with E-state index in [1.54, 1.807) is 6.20 Å². The Balaban J connectivity index is 2.15. The van der Waals surface area contributed by atoms with Crippen molar-refractivity contribution in [2.75, 3.05) is 10.7 Å². The first kappa shape index (κ1) is 15.5. The highest BCUT2D eigenvalue weighted by molar-refractivity contribution is 7.11. The Morgan fingerprint density at radius 2 is 2.00 bits per heavy atom. The second kappa shape index (κ2) is 6.27. The number of alkyl halides is 3. The second-order valence-electron chi connectivity index (χ2n) is 4.20. The zero-order chi connectivity index (χ0) is 15.5. The van der Waals surface area contributed by atoms with Crippen LogP contribution in [0.5, 0.6) is 0 Å². The number of anilines is 2. The van der Waals surface area contributed by atoms with E-state index >= 15 is 0 Å². The third-order valence-electron chi connectivity index (χ3n) is 2.67. The van der Waals surface area contributed by atoms with Crippen LogP contribution in [-0.4, -0.2) is 9.97 Å². The third-order valence-corrected chi connectivity index (χ3v) is 3.81. The maximum Gasteiger partial charge on any atom is 0.416 e. The number of hydrogen-bond donors (Lipinski definition) is 3. The minimum Gasteiger partial charge on any atom is -0.363 e. The molecule has 0 saturated carbocycles. The van der Waals surface area contributed by atoms with Crippen LogP contribution < -0.4 is 16.6 Å². The number of aryl methyl sites for hydroxylation is 1. The maximum atomic E-state index is 12.8. The number of nitrogens with two attached hydrogens (primary N) is 1. The van der Waals surface area contributed by atoms with E-state index in [1.807, 2.05) is 6.92 Å². The van der Waals surface area contributed by atoms with Crippen LogP contribution in [-0.2, 0) is 19.1 Å². The fraction of sp³-hybridized carbons (Fsp3) is 0.333. The SMILES string of the molecule is CCc1cnc(CNc2cc(C(F)(F)F)cc(NN)n2)s1. The van der Waals surface area contributed by atoms with Gasteiger partial charge in [-0.25, -0.2) is 15.8 Å². The molecule has 0 aliphatic heterocycles. The van der Waals surface area contributed by atoms with Crippen LogP contribution in [0.1, 0.15) is 22.4 Å². The van der Waals surface area contributed by atoms with Gasteiger partial charge in [-0.3, -0.25) is 0 Å².